The van der Waals surface area contributed by atoms with Gasteiger partial charge in [0, 0.05) is 51.8 Å². The van der Waals surface area contributed by atoms with Gasteiger partial charge >= 0.3 is 0 Å². The lowest BCUT2D eigenvalue weighted by Crippen LogP contribution is -2.57. The van der Waals surface area contributed by atoms with E-state index in [1.54, 1.807) is 11.0 Å². The fourth-order valence-electron chi connectivity index (χ4n) is 5.60. The number of carbonyl (C=O) groups is 2. The standard InChI is InChI=1S/C29H37N3O5/c1-20(2)26(28(34)31-13-11-29(12-14-31)35-17-18-36-29)32-16-15-30(4)24-10-9-22(19-23(24)27(32)33)37-25-8-6-5-7-21(25)3/h5-10,19-20,26H,11-18H2,1-4H3/t26-/m1/s1. The van der Waals surface area contributed by atoms with Gasteiger partial charge in [0.25, 0.3) is 5.91 Å². The van der Waals surface area contributed by atoms with Crippen molar-refractivity contribution in [3.8, 4) is 11.5 Å². The van der Waals surface area contributed by atoms with Crippen molar-refractivity contribution in [2.75, 3.05) is 51.3 Å². The highest BCUT2D eigenvalue weighted by molar-refractivity contribution is 6.03. The summed E-state index contributed by atoms with van der Waals surface area (Å²) >= 11 is 0. The fourth-order valence-corrected chi connectivity index (χ4v) is 5.60. The third-order valence-electron chi connectivity index (χ3n) is 7.74. The number of benzene rings is 2. The molecule has 8 nitrogen and oxygen atoms in total. The predicted molar refractivity (Wildman–Crippen MR) is 141 cm³/mol. The van der Waals surface area contributed by atoms with Crippen LogP contribution in [0.1, 0.15) is 42.6 Å². The van der Waals surface area contributed by atoms with Crippen molar-refractivity contribution in [1.82, 2.24) is 9.80 Å². The number of piperidine rings is 1. The number of para-hydroxylation sites is 1. The number of aryl methyl sites for hydroxylation is 1. The van der Waals surface area contributed by atoms with Crippen LogP contribution in [0, 0.1) is 12.8 Å². The van der Waals surface area contributed by atoms with Crippen molar-refractivity contribution in [2.45, 2.75) is 45.4 Å². The molecule has 1 spiro atoms. The maximum absolute atomic E-state index is 14.0. The van der Waals surface area contributed by atoms with Crippen LogP contribution in [0.3, 0.4) is 0 Å². The number of likely N-dealkylation sites (tertiary alicyclic amines) is 1. The minimum absolute atomic E-state index is 0.00499. The summed E-state index contributed by atoms with van der Waals surface area (Å²) in [6, 6.07) is 12.9. The van der Waals surface area contributed by atoms with Crippen molar-refractivity contribution in [3.63, 3.8) is 0 Å². The second-order valence-corrected chi connectivity index (χ2v) is 10.6. The first-order chi connectivity index (χ1) is 17.8. The molecule has 0 bridgehead atoms. The van der Waals surface area contributed by atoms with Crippen molar-refractivity contribution < 1.29 is 23.8 Å². The van der Waals surface area contributed by atoms with E-state index in [0.29, 0.717) is 63.5 Å². The highest BCUT2D eigenvalue weighted by atomic mass is 16.7. The number of anilines is 1. The van der Waals surface area contributed by atoms with Crippen LogP contribution in [-0.2, 0) is 14.3 Å². The van der Waals surface area contributed by atoms with Crippen LogP contribution >= 0.6 is 0 Å². The zero-order valence-corrected chi connectivity index (χ0v) is 22.2. The SMILES string of the molecule is Cc1ccccc1Oc1ccc2c(c1)C(=O)N([C@@H](C(=O)N1CCC3(CC1)OCCO3)C(C)C)CCN2C. The minimum atomic E-state index is -0.549. The Morgan fingerprint density at radius 2 is 1.70 bits per heavy atom. The van der Waals surface area contributed by atoms with Crippen LogP contribution in [0.2, 0.25) is 0 Å². The zero-order valence-electron chi connectivity index (χ0n) is 22.2. The van der Waals surface area contributed by atoms with Gasteiger partial charge in [0.2, 0.25) is 5.91 Å². The Kier molecular flexibility index (Phi) is 7.14. The Labute approximate surface area is 219 Å². The van der Waals surface area contributed by atoms with Crippen molar-refractivity contribution in [1.29, 1.82) is 0 Å². The van der Waals surface area contributed by atoms with E-state index >= 15 is 0 Å². The summed E-state index contributed by atoms with van der Waals surface area (Å²) < 4.78 is 17.8. The summed E-state index contributed by atoms with van der Waals surface area (Å²) in [7, 11) is 1.98. The van der Waals surface area contributed by atoms with E-state index in [1.165, 1.54) is 0 Å². The predicted octanol–water partition coefficient (Wildman–Crippen LogP) is 4.07. The maximum atomic E-state index is 14.0. The number of nitrogens with zero attached hydrogens (tertiary/aromatic N) is 3. The summed E-state index contributed by atoms with van der Waals surface area (Å²) in [5.41, 5.74) is 2.41. The highest BCUT2D eigenvalue weighted by Gasteiger charge is 2.44. The molecule has 0 unspecified atom stereocenters. The lowest BCUT2D eigenvalue weighted by Gasteiger charge is -2.41. The van der Waals surface area contributed by atoms with E-state index in [2.05, 4.69) is 4.90 Å². The van der Waals surface area contributed by atoms with Gasteiger partial charge in [-0.15, -0.1) is 0 Å². The monoisotopic (exact) mass is 507 g/mol. The molecule has 0 radical (unpaired) electrons. The third-order valence-corrected chi connectivity index (χ3v) is 7.74. The largest absolute Gasteiger partial charge is 0.457 e. The molecule has 2 fully saturated rings. The van der Waals surface area contributed by atoms with E-state index < -0.39 is 11.8 Å². The van der Waals surface area contributed by atoms with E-state index in [4.69, 9.17) is 14.2 Å². The Morgan fingerprint density at radius 3 is 2.38 bits per heavy atom. The van der Waals surface area contributed by atoms with Gasteiger partial charge in [0.15, 0.2) is 5.79 Å². The number of fused-ring (bicyclic) bond motifs is 1. The fraction of sp³-hybridized carbons (Fsp3) is 0.517. The van der Waals surface area contributed by atoms with E-state index in [-0.39, 0.29) is 17.7 Å². The molecule has 5 rings (SSSR count). The molecular weight excluding hydrogens is 470 g/mol. The smallest absolute Gasteiger partial charge is 0.256 e. The average molecular weight is 508 g/mol. The Bertz CT molecular complexity index is 1150. The normalized spacial score (nSPS) is 20.2. The number of ether oxygens (including phenoxy) is 3. The van der Waals surface area contributed by atoms with E-state index in [0.717, 1.165) is 17.0 Å². The molecule has 198 valence electrons. The van der Waals surface area contributed by atoms with Gasteiger partial charge in [0.1, 0.15) is 17.5 Å². The number of rotatable bonds is 5. The zero-order chi connectivity index (χ0) is 26.2. The van der Waals surface area contributed by atoms with Gasteiger partial charge in [-0.05, 0) is 42.7 Å². The number of hydrogen-bond acceptors (Lipinski definition) is 6. The summed E-state index contributed by atoms with van der Waals surface area (Å²) in [6.07, 6.45) is 1.31. The number of likely N-dealkylation sites (N-methyl/N-ethyl adjacent to an activating group) is 1. The number of carbonyl (C=O) groups excluding carboxylic acids is 2. The molecule has 1 atom stereocenters. The van der Waals surface area contributed by atoms with Crippen LogP contribution in [0.15, 0.2) is 42.5 Å². The lowest BCUT2D eigenvalue weighted by molar-refractivity contribution is -0.188. The molecule has 0 aliphatic carbocycles. The summed E-state index contributed by atoms with van der Waals surface area (Å²) in [4.78, 5) is 33.6. The van der Waals surface area contributed by atoms with Crippen LogP contribution in [0.4, 0.5) is 5.69 Å². The topological polar surface area (TPSA) is 71.5 Å². The number of amides is 2. The first-order valence-electron chi connectivity index (χ1n) is 13.2. The molecule has 2 amide bonds. The Hall–Kier alpha value is -3.10. The molecule has 0 saturated carbocycles. The molecule has 0 N–H and O–H groups in total. The molecule has 8 heteroatoms. The second kappa shape index (κ2) is 10.3. The summed E-state index contributed by atoms with van der Waals surface area (Å²) in [6.45, 7) is 9.46. The molecular formula is C29H37N3O5. The Morgan fingerprint density at radius 1 is 1.00 bits per heavy atom. The van der Waals surface area contributed by atoms with Gasteiger partial charge in [-0.3, -0.25) is 9.59 Å². The van der Waals surface area contributed by atoms with Gasteiger partial charge in [0.05, 0.1) is 18.8 Å². The molecule has 3 aliphatic rings. The summed E-state index contributed by atoms with van der Waals surface area (Å²) in [5, 5.41) is 0. The van der Waals surface area contributed by atoms with Gasteiger partial charge in [-0.2, -0.15) is 0 Å². The van der Waals surface area contributed by atoms with Crippen molar-refractivity contribution in [2.24, 2.45) is 5.92 Å². The first kappa shape index (κ1) is 25.5. The van der Waals surface area contributed by atoms with Crippen LogP contribution in [-0.4, -0.2) is 79.9 Å². The molecule has 2 saturated heterocycles. The third kappa shape index (κ3) is 5.05. The highest BCUT2D eigenvalue weighted by Crippen LogP contribution is 2.35. The van der Waals surface area contributed by atoms with Crippen LogP contribution < -0.4 is 9.64 Å². The molecule has 3 aliphatic heterocycles. The molecule has 37 heavy (non-hydrogen) atoms. The second-order valence-electron chi connectivity index (χ2n) is 10.6. The van der Waals surface area contributed by atoms with Crippen molar-refractivity contribution in [3.05, 3.63) is 53.6 Å². The van der Waals surface area contributed by atoms with Gasteiger partial charge in [-0.1, -0.05) is 32.0 Å². The maximum Gasteiger partial charge on any atom is 0.256 e. The van der Waals surface area contributed by atoms with E-state index in [1.807, 2.05) is 69.1 Å². The van der Waals surface area contributed by atoms with Crippen LogP contribution in [0.5, 0.6) is 11.5 Å². The summed E-state index contributed by atoms with van der Waals surface area (Å²) in [5.74, 6) is 0.623. The molecule has 2 aromatic carbocycles. The van der Waals surface area contributed by atoms with Gasteiger partial charge < -0.3 is 28.9 Å². The average Bonchev–Trinajstić information content (AvgIpc) is 3.30. The minimum Gasteiger partial charge on any atom is -0.457 e. The first-order valence-corrected chi connectivity index (χ1v) is 13.2. The molecule has 3 heterocycles. The number of hydrogen-bond donors (Lipinski definition) is 0. The lowest BCUT2D eigenvalue weighted by atomic mass is 9.97. The van der Waals surface area contributed by atoms with Crippen LogP contribution in [0.25, 0.3) is 0 Å². The molecule has 2 aromatic rings. The van der Waals surface area contributed by atoms with Gasteiger partial charge in [-0.25, -0.2) is 0 Å². The Balaban J connectivity index is 1.39. The van der Waals surface area contributed by atoms with Crippen molar-refractivity contribution >= 4 is 17.5 Å². The van der Waals surface area contributed by atoms with E-state index in [9.17, 15) is 9.59 Å². The molecule has 0 aromatic heterocycles. The quantitative estimate of drug-likeness (QED) is 0.608.